The summed E-state index contributed by atoms with van der Waals surface area (Å²) in [5.74, 6) is 0. The van der Waals surface area contributed by atoms with Crippen LogP contribution in [0, 0.1) is 0 Å². The Bertz CT molecular complexity index is 200. The fraction of sp³-hybridized carbons (Fsp3) is 0.900. The number of hydrogen-bond donors (Lipinski definition) is 2. The molecule has 1 aliphatic rings. The van der Waals surface area contributed by atoms with Gasteiger partial charge in [-0.2, -0.15) is 0 Å². The third-order valence-electron chi connectivity index (χ3n) is 2.91. The van der Waals surface area contributed by atoms with Crippen LogP contribution in [-0.2, 0) is 0 Å². The van der Waals surface area contributed by atoms with Crippen LogP contribution in [0.4, 0.5) is 4.79 Å². The van der Waals surface area contributed by atoms with E-state index in [2.05, 4.69) is 17.6 Å². The first-order chi connectivity index (χ1) is 6.57. The van der Waals surface area contributed by atoms with Gasteiger partial charge in [0.05, 0.1) is 0 Å². The second-order valence-corrected chi connectivity index (χ2v) is 4.26. The van der Waals surface area contributed by atoms with Gasteiger partial charge in [-0.05, 0) is 33.2 Å². The van der Waals surface area contributed by atoms with Gasteiger partial charge in [-0.25, -0.2) is 4.79 Å². The molecule has 2 amide bonds. The number of urea groups is 1. The summed E-state index contributed by atoms with van der Waals surface area (Å²) in [5.41, 5.74) is 0.101. The van der Waals surface area contributed by atoms with E-state index >= 15 is 0 Å². The highest BCUT2D eigenvalue weighted by Crippen LogP contribution is 2.16. The van der Waals surface area contributed by atoms with E-state index in [-0.39, 0.29) is 11.6 Å². The number of rotatable bonds is 3. The molecule has 1 heterocycles. The molecule has 0 radical (unpaired) electrons. The van der Waals surface area contributed by atoms with E-state index in [0.717, 1.165) is 26.1 Å². The normalized spacial score (nSPS) is 26.2. The van der Waals surface area contributed by atoms with Gasteiger partial charge < -0.3 is 15.5 Å². The van der Waals surface area contributed by atoms with Crippen LogP contribution in [-0.4, -0.2) is 43.2 Å². The van der Waals surface area contributed by atoms with Crippen LogP contribution in [0.5, 0.6) is 0 Å². The third-order valence-corrected chi connectivity index (χ3v) is 2.91. The summed E-state index contributed by atoms with van der Waals surface area (Å²) in [6.07, 6.45) is 2.35. The molecule has 0 aromatic heterocycles. The number of nitrogens with one attached hydrogen (secondary N) is 2. The molecule has 82 valence electrons. The standard InChI is InChI=1S/C10H21N3O/c1-4-13(3)9(14)11-8-10(2)6-5-7-12-10/h12H,4-8H2,1-3H3,(H,11,14). The summed E-state index contributed by atoms with van der Waals surface area (Å²) in [4.78, 5) is 13.1. The monoisotopic (exact) mass is 199 g/mol. The molecule has 0 aromatic rings. The lowest BCUT2D eigenvalue weighted by atomic mass is 10.0. The maximum atomic E-state index is 11.5. The Morgan fingerprint density at radius 2 is 2.36 bits per heavy atom. The van der Waals surface area contributed by atoms with Gasteiger partial charge in [-0.3, -0.25) is 0 Å². The second-order valence-electron chi connectivity index (χ2n) is 4.26. The van der Waals surface area contributed by atoms with Crippen LogP contribution in [0.3, 0.4) is 0 Å². The maximum Gasteiger partial charge on any atom is 0.317 e. The largest absolute Gasteiger partial charge is 0.336 e. The molecular formula is C10H21N3O. The van der Waals surface area contributed by atoms with Crippen molar-refractivity contribution in [1.29, 1.82) is 0 Å². The smallest absolute Gasteiger partial charge is 0.317 e. The predicted molar refractivity (Wildman–Crippen MR) is 57.3 cm³/mol. The van der Waals surface area contributed by atoms with Crippen molar-refractivity contribution in [2.45, 2.75) is 32.2 Å². The van der Waals surface area contributed by atoms with Crippen molar-refractivity contribution in [3.05, 3.63) is 0 Å². The van der Waals surface area contributed by atoms with E-state index in [1.807, 2.05) is 6.92 Å². The predicted octanol–water partition coefficient (Wildman–Crippen LogP) is 0.790. The molecule has 2 N–H and O–H groups in total. The minimum Gasteiger partial charge on any atom is -0.336 e. The molecule has 1 fully saturated rings. The molecule has 1 atom stereocenters. The molecule has 1 rings (SSSR count). The molecule has 1 aliphatic heterocycles. The summed E-state index contributed by atoms with van der Waals surface area (Å²) in [7, 11) is 1.81. The Morgan fingerprint density at radius 1 is 1.64 bits per heavy atom. The molecule has 1 saturated heterocycles. The quantitative estimate of drug-likeness (QED) is 0.706. The average Bonchev–Trinajstić information content (AvgIpc) is 2.61. The van der Waals surface area contributed by atoms with Crippen LogP contribution < -0.4 is 10.6 Å². The van der Waals surface area contributed by atoms with Crippen LogP contribution in [0.25, 0.3) is 0 Å². The molecule has 4 nitrogen and oxygen atoms in total. The van der Waals surface area contributed by atoms with Gasteiger partial charge in [0, 0.05) is 25.7 Å². The Morgan fingerprint density at radius 3 is 2.86 bits per heavy atom. The summed E-state index contributed by atoms with van der Waals surface area (Å²) in [5, 5.41) is 6.35. The number of hydrogen-bond acceptors (Lipinski definition) is 2. The molecule has 0 aliphatic carbocycles. The lowest BCUT2D eigenvalue weighted by molar-refractivity contribution is 0.207. The molecule has 0 spiro atoms. The Balaban J connectivity index is 2.29. The van der Waals surface area contributed by atoms with Crippen molar-refractivity contribution in [2.75, 3.05) is 26.7 Å². The van der Waals surface area contributed by atoms with Crippen LogP contribution >= 0.6 is 0 Å². The number of carbonyl (C=O) groups is 1. The number of amides is 2. The number of carbonyl (C=O) groups excluding carboxylic acids is 1. The molecular weight excluding hydrogens is 178 g/mol. The van der Waals surface area contributed by atoms with Crippen LogP contribution in [0.1, 0.15) is 26.7 Å². The summed E-state index contributed by atoms with van der Waals surface area (Å²) < 4.78 is 0. The summed E-state index contributed by atoms with van der Waals surface area (Å²) in [6, 6.07) is 0.0161. The molecule has 4 heteroatoms. The van der Waals surface area contributed by atoms with Gasteiger partial charge in [0.2, 0.25) is 0 Å². The second kappa shape index (κ2) is 4.64. The van der Waals surface area contributed by atoms with Crippen LogP contribution in [0.2, 0.25) is 0 Å². The van der Waals surface area contributed by atoms with Gasteiger partial charge in [0.15, 0.2) is 0 Å². The topological polar surface area (TPSA) is 44.4 Å². The maximum absolute atomic E-state index is 11.5. The van der Waals surface area contributed by atoms with Gasteiger partial charge in [0.25, 0.3) is 0 Å². The highest BCUT2D eigenvalue weighted by molar-refractivity contribution is 5.73. The lowest BCUT2D eigenvalue weighted by Crippen LogP contribution is -2.49. The van der Waals surface area contributed by atoms with E-state index in [9.17, 15) is 4.79 Å². The minimum absolute atomic E-state index is 0.0161. The van der Waals surface area contributed by atoms with Crippen molar-refractivity contribution in [3.8, 4) is 0 Å². The minimum atomic E-state index is 0.0161. The molecule has 0 bridgehead atoms. The van der Waals surface area contributed by atoms with E-state index in [0.29, 0.717) is 0 Å². The average molecular weight is 199 g/mol. The lowest BCUT2D eigenvalue weighted by Gasteiger charge is -2.26. The Hall–Kier alpha value is -0.770. The van der Waals surface area contributed by atoms with Gasteiger partial charge in [-0.15, -0.1) is 0 Å². The van der Waals surface area contributed by atoms with Gasteiger partial charge in [-0.1, -0.05) is 0 Å². The van der Waals surface area contributed by atoms with Crippen molar-refractivity contribution in [3.63, 3.8) is 0 Å². The molecule has 0 aromatic carbocycles. The number of nitrogens with zero attached hydrogens (tertiary/aromatic N) is 1. The highest BCUT2D eigenvalue weighted by Gasteiger charge is 2.28. The SMILES string of the molecule is CCN(C)C(=O)NCC1(C)CCCN1. The fourth-order valence-electron chi connectivity index (χ4n) is 1.66. The zero-order chi connectivity index (χ0) is 10.6. The van der Waals surface area contributed by atoms with Gasteiger partial charge >= 0.3 is 6.03 Å². The summed E-state index contributed by atoms with van der Waals surface area (Å²) in [6.45, 7) is 6.66. The van der Waals surface area contributed by atoms with Crippen molar-refractivity contribution in [2.24, 2.45) is 0 Å². The van der Waals surface area contributed by atoms with E-state index in [1.165, 1.54) is 6.42 Å². The third kappa shape index (κ3) is 2.87. The Kier molecular flexibility index (Phi) is 3.75. The van der Waals surface area contributed by atoms with Crippen molar-refractivity contribution >= 4 is 6.03 Å². The van der Waals surface area contributed by atoms with E-state index in [1.54, 1.807) is 11.9 Å². The molecule has 1 unspecified atom stereocenters. The first-order valence-corrected chi connectivity index (χ1v) is 5.31. The highest BCUT2D eigenvalue weighted by atomic mass is 16.2. The zero-order valence-corrected chi connectivity index (χ0v) is 9.39. The van der Waals surface area contributed by atoms with E-state index < -0.39 is 0 Å². The molecule has 0 saturated carbocycles. The Labute approximate surface area is 86.0 Å². The van der Waals surface area contributed by atoms with Crippen LogP contribution in [0.15, 0.2) is 0 Å². The fourth-order valence-corrected chi connectivity index (χ4v) is 1.66. The van der Waals surface area contributed by atoms with Crippen molar-refractivity contribution < 1.29 is 4.79 Å². The summed E-state index contributed by atoms with van der Waals surface area (Å²) >= 11 is 0. The zero-order valence-electron chi connectivity index (χ0n) is 9.39. The first kappa shape index (κ1) is 11.3. The molecule has 14 heavy (non-hydrogen) atoms. The first-order valence-electron chi connectivity index (χ1n) is 5.31. The van der Waals surface area contributed by atoms with E-state index in [4.69, 9.17) is 0 Å². The van der Waals surface area contributed by atoms with Crippen molar-refractivity contribution in [1.82, 2.24) is 15.5 Å². The van der Waals surface area contributed by atoms with Gasteiger partial charge in [0.1, 0.15) is 0 Å².